The Kier molecular flexibility index (Phi) is 6.84. The fraction of sp³-hybridized carbons (Fsp3) is 0.350. The molecule has 0 spiro atoms. The number of aryl methyl sites for hydroxylation is 1. The predicted molar refractivity (Wildman–Crippen MR) is 110 cm³/mol. The number of carbonyl (C=O) groups is 1. The molecule has 1 N–H and O–H groups in total. The van der Waals surface area contributed by atoms with Crippen molar-refractivity contribution in [2.75, 3.05) is 35.7 Å². The van der Waals surface area contributed by atoms with E-state index in [0.29, 0.717) is 5.75 Å². The van der Waals surface area contributed by atoms with Crippen molar-refractivity contribution in [1.82, 2.24) is 4.90 Å². The topological polar surface area (TPSA) is 32.3 Å². The van der Waals surface area contributed by atoms with E-state index in [2.05, 4.69) is 28.4 Å². The van der Waals surface area contributed by atoms with E-state index < -0.39 is 0 Å². The lowest BCUT2D eigenvalue weighted by atomic mass is 10.1. The maximum atomic E-state index is 12.3. The van der Waals surface area contributed by atoms with Crippen LogP contribution in [-0.2, 0) is 11.3 Å². The molecule has 25 heavy (non-hydrogen) atoms. The third-order valence-corrected chi connectivity index (χ3v) is 6.15. The molecule has 132 valence electrons. The molecule has 1 saturated heterocycles. The molecule has 2 aromatic carbocycles. The van der Waals surface area contributed by atoms with Gasteiger partial charge in [0.15, 0.2) is 0 Å². The first-order chi connectivity index (χ1) is 12.2. The van der Waals surface area contributed by atoms with E-state index in [1.807, 2.05) is 49.0 Å². The SMILES string of the molecule is Cc1ccc(CN2CCSCC2)cc1NC(=O)CSc1ccccc1. The van der Waals surface area contributed by atoms with Gasteiger partial charge in [-0.3, -0.25) is 9.69 Å². The van der Waals surface area contributed by atoms with Crippen LogP contribution in [0.5, 0.6) is 0 Å². The van der Waals surface area contributed by atoms with Crippen LogP contribution in [0.25, 0.3) is 0 Å². The number of rotatable bonds is 6. The zero-order valence-corrected chi connectivity index (χ0v) is 16.2. The van der Waals surface area contributed by atoms with Crippen LogP contribution in [0, 0.1) is 6.92 Å². The number of thioether (sulfide) groups is 2. The summed E-state index contributed by atoms with van der Waals surface area (Å²) in [4.78, 5) is 15.9. The highest BCUT2D eigenvalue weighted by Gasteiger charge is 2.12. The van der Waals surface area contributed by atoms with Gasteiger partial charge in [0.25, 0.3) is 0 Å². The van der Waals surface area contributed by atoms with Gasteiger partial charge in [-0.25, -0.2) is 0 Å². The van der Waals surface area contributed by atoms with Crippen LogP contribution in [0.3, 0.4) is 0 Å². The van der Waals surface area contributed by atoms with E-state index in [1.54, 1.807) is 11.8 Å². The Labute approximate surface area is 158 Å². The summed E-state index contributed by atoms with van der Waals surface area (Å²) >= 11 is 3.59. The van der Waals surface area contributed by atoms with Gasteiger partial charge in [-0.1, -0.05) is 30.3 Å². The Hall–Kier alpha value is -1.43. The van der Waals surface area contributed by atoms with Crippen molar-refractivity contribution >= 4 is 35.1 Å². The van der Waals surface area contributed by atoms with Crippen LogP contribution in [-0.4, -0.2) is 41.2 Å². The minimum absolute atomic E-state index is 0.0449. The minimum atomic E-state index is 0.0449. The number of benzene rings is 2. The summed E-state index contributed by atoms with van der Waals surface area (Å²) in [6, 6.07) is 16.4. The van der Waals surface area contributed by atoms with Gasteiger partial charge in [-0.05, 0) is 36.2 Å². The Bertz CT molecular complexity index is 700. The summed E-state index contributed by atoms with van der Waals surface area (Å²) in [6.07, 6.45) is 0. The molecule has 0 radical (unpaired) electrons. The number of nitrogens with one attached hydrogen (secondary N) is 1. The highest BCUT2D eigenvalue weighted by Crippen LogP contribution is 2.21. The summed E-state index contributed by atoms with van der Waals surface area (Å²) in [6.45, 7) is 5.30. The molecule has 0 saturated carbocycles. The van der Waals surface area contributed by atoms with E-state index in [0.717, 1.165) is 35.8 Å². The van der Waals surface area contributed by atoms with Gasteiger partial charge < -0.3 is 5.32 Å². The first-order valence-corrected chi connectivity index (χ1v) is 10.7. The van der Waals surface area contributed by atoms with Gasteiger partial charge in [0, 0.05) is 41.7 Å². The van der Waals surface area contributed by atoms with Crippen molar-refractivity contribution in [1.29, 1.82) is 0 Å². The molecule has 0 atom stereocenters. The molecule has 1 aliphatic heterocycles. The molecule has 0 unspecified atom stereocenters. The van der Waals surface area contributed by atoms with Crippen LogP contribution >= 0.6 is 23.5 Å². The second kappa shape index (κ2) is 9.32. The summed E-state index contributed by atoms with van der Waals surface area (Å²) in [5.74, 6) is 2.90. The van der Waals surface area contributed by atoms with E-state index in [1.165, 1.54) is 17.1 Å². The van der Waals surface area contributed by atoms with Gasteiger partial charge in [-0.15, -0.1) is 11.8 Å². The molecule has 1 aliphatic rings. The second-order valence-corrected chi connectivity index (χ2v) is 8.46. The highest BCUT2D eigenvalue weighted by molar-refractivity contribution is 8.00. The Morgan fingerprint density at radius 3 is 2.68 bits per heavy atom. The monoisotopic (exact) mass is 372 g/mol. The molecular formula is C20H24N2OS2. The van der Waals surface area contributed by atoms with Gasteiger partial charge >= 0.3 is 0 Å². The lowest BCUT2D eigenvalue weighted by Gasteiger charge is -2.26. The first-order valence-electron chi connectivity index (χ1n) is 8.58. The fourth-order valence-electron chi connectivity index (χ4n) is 2.77. The summed E-state index contributed by atoms with van der Waals surface area (Å²) in [5.41, 5.74) is 3.31. The number of carbonyl (C=O) groups excluding carboxylic acids is 1. The van der Waals surface area contributed by atoms with Gasteiger partial charge in [0.2, 0.25) is 5.91 Å². The minimum Gasteiger partial charge on any atom is -0.325 e. The van der Waals surface area contributed by atoms with Crippen LogP contribution in [0.2, 0.25) is 0 Å². The predicted octanol–water partition coefficient (Wildman–Crippen LogP) is 4.27. The first kappa shape index (κ1) is 18.4. The number of amides is 1. The normalized spacial score (nSPS) is 15.1. The number of hydrogen-bond acceptors (Lipinski definition) is 4. The molecule has 1 fully saturated rings. The van der Waals surface area contributed by atoms with Crippen molar-refractivity contribution in [2.45, 2.75) is 18.4 Å². The number of anilines is 1. The maximum absolute atomic E-state index is 12.3. The highest BCUT2D eigenvalue weighted by atomic mass is 32.2. The van der Waals surface area contributed by atoms with E-state index in [4.69, 9.17) is 0 Å². The Balaban J connectivity index is 1.57. The van der Waals surface area contributed by atoms with E-state index in [9.17, 15) is 4.79 Å². The zero-order chi connectivity index (χ0) is 17.5. The summed E-state index contributed by atoms with van der Waals surface area (Å²) < 4.78 is 0. The standard InChI is InChI=1S/C20H24N2OS2/c1-16-7-8-17(14-22-9-11-24-12-10-22)13-19(16)21-20(23)15-25-18-5-3-2-4-6-18/h2-8,13H,9-12,14-15H2,1H3,(H,21,23). The third-order valence-electron chi connectivity index (χ3n) is 4.20. The van der Waals surface area contributed by atoms with E-state index >= 15 is 0 Å². The third kappa shape index (κ3) is 5.80. The average molecular weight is 373 g/mol. The Morgan fingerprint density at radius 1 is 1.16 bits per heavy atom. The fourth-order valence-corrected chi connectivity index (χ4v) is 4.47. The molecule has 3 nitrogen and oxygen atoms in total. The molecule has 0 aliphatic carbocycles. The molecule has 1 amide bonds. The molecule has 0 aromatic heterocycles. The van der Waals surface area contributed by atoms with Crippen LogP contribution in [0.4, 0.5) is 5.69 Å². The maximum Gasteiger partial charge on any atom is 0.234 e. The van der Waals surface area contributed by atoms with Crippen molar-refractivity contribution in [2.24, 2.45) is 0 Å². The van der Waals surface area contributed by atoms with Crippen molar-refractivity contribution < 1.29 is 4.79 Å². The molecule has 5 heteroatoms. The second-order valence-electron chi connectivity index (χ2n) is 6.19. The zero-order valence-electron chi connectivity index (χ0n) is 14.5. The van der Waals surface area contributed by atoms with Crippen molar-refractivity contribution in [3.8, 4) is 0 Å². The largest absolute Gasteiger partial charge is 0.325 e. The molecule has 0 bridgehead atoms. The molecular weight excluding hydrogens is 348 g/mol. The number of nitrogens with zero attached hydrogens (tertiary/aromatic N) is 1. The Morgan fingerprint density at radius 2 is 1.92 bits per heavy atom. The van der Waals surface area contributed by atoms with E-state index in [-0.39, 0.29) is 5.91 Å². The van der Waals surface area contributed by atoms with Gasteiger partial charge in [-0.2, -0.15) is 11.8 Å². The quantitative estimate of drug-likeness (QED) is 0.768. The summed E-state index contributed by atoms with van der Waals surface area (Å²) in [5, 5.41) is 3.08. The van der Waals surface area contributed by atoms with Gasteiger partial charge in [0.05, 0.1) is 5.75 Å². The summed E-state index contributed by atoms with van der Waals surface area (Å²) in [7, 11) is 0. The number of hydrogen-bond donors (Lipinski definition) is 1. The lowest BCUT2D eigenvalue weighted by molar-refractivity contribution is -0.113. The van der Waals surface area contributed by atoms with Crippen LogP contribution in [0.15, 0.2) is 53.4 Å². The molecule has 2 aromatic rings. The van der Waals surface area contributed by atoms with Crippen LogP contribution < -0.4 is 5.32 Å². The smallest absolute Gasteiger partial charge is 0.234 e. The molecule has 3 rings (SSSR count). The van der Waals surface area contributed by atoms with Crippen molar-refractivity contribution in [3.05, 3.63) is 59.7 Å². The lowest BCUT2D eigenvalue weighted by Crippen LogP contribution is -2.32. The van der Waals surface area contributed by atoms with Crippen molar-refractivity contribution in [3.63, 3.8) is 0 Å². The average Bonchev–Trinajstić information content (AvgIpc) is 2.64. The molecule has 1 heterocycles. The van der Waals surface area contributed by atoms with Gasteiger partial charge in [0.1, 0.15) is 0 Å². The van der Waals surface area contributed by atoms with Crippen LogP contribution in [0.1, 0.15) is 11.1 Å².